The summed E-state index contributed by atoms with van der Waals surface area (Å²) in [6, 6.07) is 12.3. The van der Waals surface area contributed by atoms with Crippen molar-refractivity contribution < 1.29 is 13.2 Å². The van der Waals surface area contributed by atoms with Crippen LogP contribution in [0.1, 0.15) is 0 Å². The van der Waals surface area contributed by atoms with Crippen LogP contribution in [0.2, 0.25) is 5.02 Å². The SMILES string of the molecule is O=c1oc2cc(Cl)ccc2cc1-c1nnc(-c2cccc(F)c2)o1. The van der Waals surface area contributed by atoms with E-state index in [1.165, 1.54) is 18.2 Å². The molecule has 0 aliphatic carbocycles. The first-order valence-electron chi connectivity index (χ1n) is 6.93. The molecule has 0 aliphatic rings. The van der Waals surface area contributed by atoms with E-state index >= 15 is 0 Å². The standard InChI is InChI=1S/C17H8ClFN2O3/c18-11-5-4-9-7-13(17(22)23-14(9)8-11)16-21-20-15(24-16)10-2-1-3-12(19)6-10/h1-8H. The molecule has 7 heteroatoms. The lowest BCUT2D eigenvalue weighted by atomic mass is 10.2. The van der Waals surface area contributed by atoms with Crippen molar-refractivity contribution in [3.63, 3.8) is 0 Å². The van der Waals surface area contributed by atoms with Crippen molar-refractivity contribution in [1.82, 2.24) is 10.2 Å². The lowest BCUT2D eigenvalue weighted by Gasteiger charge is -1.99. The average molecular weight is 343 g/mol. The van der Waals surface area contributed by atoms with Gasteiger partial charge in [0.25, 0.3) is 5.89 Å². The largest absolute Gasteiger partial charge is 0.422 e. The minimum absolute atomic E-state index is 0.000128. The average Bonchev–Trinajstić information content (AvgIpc) is 3.04. The number of aromatic nitrogens is 2. The minimum Gasteiger partial charge on any atom is -0.422 e. The molecule has 4 aromatic rings. The third-order valence-corrected chi connectivity index (χ3v) is 3.66. The molecule has 0 bridgehead atoms. The highest BCUT2D eigenvalue weighted by Gasteiger charge is 2.16. The van der Waals surface area contributed by atoms with Crippen molar-refractivity contribution in [2.75, 3.05) is 0 Å². The van der Waals surface area contributed by atoms with Gasteiger partial charge in [0.2, 0.25) is 5.89 Å². The highest BCUT2D eigenvalue weighted by atomic mass is 35.5. The maximum atomic E-state index is 13.3. The molecule has 0 saturated carbocycles. The van der Waals surface area contributed by atoms with Gasteiger partial charge in [-0.2, -0.15) is 0 Å². The molecule has 4 rings (SSSR count). The predicted octanol–water partition coefficient (Wildman–Crippen LogP) is 4.30. The Hall–Kier alpha value is -2.99. The van der Waals surface area contributed by atoms with Crippen molar-refractivity contribution >= 4 is 22.6 Å². The first-order valence-corrected chi connectivity index (χ1v) is 7.31. The minimum atomic E-state index is -0.626. The first kappa shape index (κ1) is 14.6. The molecule has 2 heterocycles. The van der Waals surface area contributed by atoms with E-state index < -0.39 is 11.4 Å². The van der Waals surface area contributed by atoms with Crippen molar-refractivity contribution in [3.8, 4) is 22.9 Å². The summed E-state index contributed by atoms with van der Waals surface area (Å²) in [6.07, 6.45) is 0. The Labute approximate surface area is 139 Å². The second-order valence-electron chi connectivity index (χ2n) is 5.05. The molecule has 0 aliphatic heterocycles. The summed E-state index contributed by atoms with van der Waals surface area (Å²) in [7, 11) is 0. The molecule has 0 spiro atoms. The maximum absolute atomic E-state index is 13.3. The number of halogens is 2. The van der Waals surface area contributed by atoms with Gasteiger partial charge in [0, 0.05) is 22.0 Å². The third-order valence-electron chi connectivity index (χ3n) is 3.42. The van der Waals surface area contributed by atoms with E-state index in [1.807, 2.05) is 0 Å². The molecule has 2 aromatic heterocycles. The zero-order valence-corrected chi connectivity index (χ0v) is 12.7. The van der Waals surface area contributed by atoms with E-state index in [-0.39, 0.29) is 17.3 Å². The summed E-state index contributed by atoms with van der Waals surface area (Å²) in [4.78, 5) is 12.1. The summed E-state index contributed by atoms with van der Waals surface area (Å²) in [5.74, 6) is -0.311. The van der Waals surface area contributed by atoms with Gasteiger partial charge in [0.05, 0.1) is 0 Å². The lowest BCUT2D eigenvalue weighted by Crippen LogP contribution is -2.02. The van der Waals surface area contributed by atoms with Crippen LogP contribution in [0.15, 0.2) is 62.2 Å². The van der Waals surface area contributed by atoms with Crippen LogP contribution in [0.4, 0.5) is 4.39 Å². The second-order valence-corrected chi connectivity index (χ2v) is 5.49. The van der Waals surface area contributed by atoms with Gasteiger partial charge in [0.15, 0.2) is 0 Å². The van der Waals surface area contributed by atoms with E-state index in [9.17, 15) is 9.18 Å². The predicted molar refractivity (Wildman–Crippen MR) is 86.2 cm³/mol. The number of hydrogen-bond acceptors (Lipinski definition) is 5. The van der Waals surface area contributed by atoms with Crippen LogP contribution in [-0.4, -0.2) is 10.2 Å². The number of nitrogens with zero attached hydrogens (tertiary/aromatic N) is 2. The maximum Gasteiger partial charge on any atom is 0.349 e. The van der Waals surface area contributed by atoms with E-state index in [1.54, 1.807) is 30.3 Å². The van der Waals surface area contributed by atoms with Crippen LogP contribution in [0.25, 0.3) is 33.9 Å². The van der Waals surface area contributed by atoms with E-state index in [4.69, 9.17) is 20.4 Å². The zero-order chi connectivity index (χ0) is 16.7. The molecule has 0 radical (unpaired) electrons. The summed E-state index contributed by atoms with van der Waals surface area (Å²) >= 11 is 5.88. The molecule has 24 heavy (non-hydrogen) atoms. The molecule has 0 amide bonds. The molecule has 2 aromatic carbocycles. The molecule has 0 saturated heterocycles. The van der Waals surface area contributed by atoms with Gasteiger partial charge in [-0.15, -0.1) is 10.2 Å². The summed E-state index contributed by atoms with van der Waals surface area (Å²) in [6.45, 7) is 0. The second kappa shape index (κ2) is 5.58. The van der Waals surface area contributed by atoms with Gasteiger partial charge in [0.1, 0.15) is 17.0 Å². The third kappa shape index (κ3) is 2.57. The van der Waals surface area contributed by atoms with Crippen LogP contribution in [0.3, 0.4) is 0 Å². The molecule has 0 atom stereocenters. The van der Waals surface area contributed by atoms with Crippen molar-refractivity contribution in [3.05, 3.63) is 69.8 Å². The fourth-order valence-corrected chi connectivity index (χ4v) is 2.47. The van der Waals surface area contributed by atoms with Gasteiger partial charge < -0.3 is 8.83 Å². The summed E-state index contributed by atoms with van der Waals surface area (Å²) in [5.41, 5.74) is 0.283. The smallest absolute Gasteiger partial charge is 0.349 e. The Balaban J connectivity index is 1.82. The number of benzene rings is 2. The Morgan fingerprint density at radius 3 is 2.62 bits per heavy atom. The molecule has 118 valence electrons. The van der Waals surface area contributed by atoms with Crippen LogP contribution >= 0.6 is 11.6 Å². The van der Waals surface area contributed by atoms with Crippen LogP contribution < -0.4 is 5.63 Å². The Morgan fingerprint density at radius 2 is 1.79 bits per heavy atom. The Kier molecular flexibility index (Phi) is 3.39. The fraction of sp³-hybridized carbons (Fsp3) is 0. The molecule has 5 nitrogen and oxygen atoms in total. The van der Waals surface area contributed by atoms with Gasteiger partial charge in [-0.25, -0.2) is 9.18 Å². The highest BCUT2D eigenvalue weighted by Crippen LogP contribution is 2.25. The quantitative estimate of drug-likeness (QED) is 0.508. The van der Waals surface area contributed by atoms with E-state index in [0.29, 0.717) is 21.6 Å². The zero-order valence-electron chi connectivity index (χ0n) is 12.0. The Bertz CT molecular complexity index is 1120. The number of fused-ring (bicyclic) bond motifs is 1. The number of rotatable bonds is 2. The molecular weight excluding hydrogens is 335 g/mol. The van der Waals surface area contributed by atoms with Gasteiger partial charge >= 0.3 is 5.63 Å². The van der Waals surface area contributed by atoms with Crippen molar-refractivity contribution in [2.24, 2.45) is 0 Å². The molecule has 0 unspecified atom stereocenters. The summed E-state index contributed by atoms with van der Waals surface area (Å²) < 4.78 is 24.0. The lowest BCUT2D eigenvalue weighted by molar-refractivity contribution is 0.547. The number of hydrogen-bond donors (Lipinski definition) is 0. The van der Waals surface area contributed by atoms with Crippen LogP contribution in [0, 0.1) is 5.82 Å². The van der Waals surface area contributed by atoms with E-state index in [2.05, 4.69) is 10.2 Å². The Morgan fingerprint density at radius 1 is 0.958 bits per heavy atom. The highest BCUT2D eigenvalue weighted by molar-refractivity contribution is 6.31. The first-order chi connectivity index (χ1) is 11.6. The molecular formula is C17H8ClFN2O3. The van der Waals surface area contributed by atoms with Gasteiger partial charge in [-0.05, 0) is 36.4 Å². The topological polar surface area (TPSA) is 69.1 Å². The van der Waals surface area contributed by atoms with Crippen LogP contribution in [0.5, 0.6) is 0 Å². The molecule has 0 N–H and O–H groups in total. The van der Waals surface area contributed by atoms with Crippen molar-refractivity contribution in [1.29, 1.82) is 0 Å². The van der Waals surface area contributed by atoms with Gasteiger partial charge in [-0.1, -0.05) is 17.7 Å². The molecule has 0 fully saturated rings. The van der Waals surface area contributed by atoms with Crippen molar-refractivity contribution in [2.45, 2.75) is 0 Å². The van der Waals surface area contributed by atoms with E-state index in [0.717, 1.165) is 0 Å². The normalized spacial score (nSPS) is 11.1. The van der Waals surface area contributed by atoms with Gasteiger partial charge in [-0.3, -0.25) is 0 Å². The summed E-state index contributed by atoms with van der Waals surface area (Å²) in [5, 5.41) is 8.84. The fourth-order valence-electron chi connectivity index (χ4n) is 2.30. The monoisotopic (exact) mass is 342 g/mol. The van der Waals surface area contributed by atoms with Crippen LogP contribution in [-0.2, 0) is 0 Å².